The molecule has 4 saturated heterocycles. The van der Waals surface area contributed by atoms with E-state index in [0.717, 1.165) is 96.9 Å². The van der Waals surface area contributed by atoms with E-state index in [1.54, 1.807) is 30.3 Å². The van der Waals surface area contributed by atoms with Crippen LogP contribution in [0.1, 0.15) is 102 Å². The number of nitrogens with one attached hydrogen (secondary N) is 1. The zero-order valence-corrected chi connectivity index (χ0v) is 58.7. The van der Waals surface area contributed by atoms with Crippen molar-refractivity contribution in [2.75, 3.05) is 39.6 Å². The Balaban J connectivity index is 1.66. The minimum atomic E-state index is -3.45. The topological polar surface area (TPSA) is 521 Å². The molecule has 0 spiro atoms. The predicted molar refractivity (Wildman–Crippen MR) is 324 cm³/mol. The first-order valence-corrected chi connectivity index (χ1v) is 31.6. The molecule has 0 aliphatic carbocycles. The second-order valence-corrected chi connectivity index (χ2v) is 23.2. The second-order valence-electron chi connectivity index (χ2n) is 23.2. The van der Waals surface area contributed by atoms with E-state index < -0.39 is 264 Å². The molecule has 4 aliphatic heterocycles. The van der Waals surface area contributed by atoms with Crippen molar-refractivity contribution >= 4 is 89.7 Å². The largest absolute Gasteiger partial charge is 0.463 e. The highest BCUT2D eigenvalue weighted by atomic mass is 16.8. The number of ether oxygens (including phenoxy) is 23. The Morgan fingerprint density at radius 3 is 0.971 bits per heavy atom. The SMILES string of the molecule is CC(=O)OC[C@H]1O[C@H](O[C@@]2(O)[C@H](OC(C)=O)[C@@H](OC(C)=O)[C@H](OCC(CO[C@@H]3O[C@H](COC(C)=O)[C@@](O)(O[C@H]4O[C@H](COC(C)=O)[C@@H](OC(C)=O)[C@H](OC(C)=O)[C@H]4OC(C)=O)[C@H](OC(C)=O)[C@H]3OC(C)=O)NC(=O)OCc3ccccc3)O[C@@H]2COC(C)=O)[C@H](OC(C)=O)[C@@H](OC(C)=O)[C@@H]1OC(C)=O. The van der Waals surface area contributed by atoms with Gasteiger partial charge in [-0.05, 0) is 5.56 Å². The third-order valence-electron chi connectivity index (χ3n) is 14.5. The van der Waals surface area contributed by atoms with Crippen LogP contribution in [-0.2, 0) is 183 Å². The molecule has 41 nitrogen and oxygen atoms in total. The fourth-order valence-electron chi connectivity index (χ4n) is 10.8. The molecule has 0 radical (unpaired) electrons. The number of carbonyl (C=O) groups is 15. The van der Waals surface area contributed by atoms with Crippen molar-refractivity contribution in [3.63, 3.8) is 0 Å². The first-order valence-electron chi connectivity index (χ1n) is 31.6. The Bertz CT molecular complexity index is 3060. The maximum absolute atomic E-state index is 13.9. The van der Waals surface area contributed by atoms with Gasteiger partial charge in [0.1, 0.15) is 45.2 Å². The molecule has 0 bridgehead atoms. The molecular weight excluding hydrogens is 1410 g/mol. The van der Waals surface area contributed by atoms with E-state index in [9.17, 15) is 82.1 Å². The minimum Gasteiger partial charge on any atom is -0.463 e. The van der Waals surface area contributed by atoms with Crippen molar-refractivity contribution in [3.8, 4) is 0 Å². The van der Waals surface area contributed by atoms with Gasteiger partial charge in [-0.3, -0.25) is 67.1 Å². The summed E-state index contributed by atoms with van der Waals surface area (Å²) < 4.78 is 131. The standard InChI is InChI=1S/C63H83NO40/c1-27(65)82-23-43-47(89-31(5)69)49(91-33(7)71)51(93-35(9)73)59(99-43)103-62(80)45(25-84-29(3)67)101-57(53(95-37(11)75)55(62)97-39(13)77)86-21-42(64-61(79)88-20-41-18-16-15-17-19-41)22-87-58-54(96-38(12)76)56(98-40(14)78)63(81,46(102-58)26-85-30(4)68)104-60-52(94-36(10)74)50(92-34(8)72)48(90-32(6)70)44(100-60)24-83-28(2)66/h15-19,42-60,80-81H,20-26H2,1-14H3,(H,64,79)/t43-,44-,45-,46-,47-,48-,49+,50+,51-,52-,53-,54-,55-,56-,57-,58-,59-,60-,62-,63-/m1/s1. The zero-order chi connectivity index (χ0) is 77.7. The van der Waals surface area contributed by atoms with Gasteiger partial charge in [0.2, 0.25) is 24.2 Å². The summed E-state index contributed by atoms with van der Waals surface area (Å²) in [6, 6.07) is 6.35. The normalized spacial score (nSPS) is 30.2. The van der Waals surface area contributed by atoms with Crippen molar-refractivity contribution in [2.24, 2.45) is 0 Å². The predicted octanol–water partition coefficient (Wildman–Crippen LogP) is -1.81. The van der Waals surface area contributed by atoms with Crippen molar-refractivity contribution in [1.29, 1.82) is 0 Å². The van der Waals surface area contributed by atoms with Crippen LogP contribution in [0.15, 0.2) is 30.3 Å². The van der Waals surface area contributed by atoms with E-state index in [2.05, 4.69) is 5.32 Å². The van der Waals surface area contributed by atoms with Crippen molar-refractivity contribution < 1.29 is 191 Å². The zero-order valence-electron chi connectivity index (χ0n) is 58.7. The summed E-state index contributed by atoms with van der Waals surface area (Å²) in [4.78, 5) is 193. The third-order valence-corrected chi connectivity index (χ3v) is 14.5. The molecule has 1 aromatic rings. The van der Waals surface area contributed by atoms with E-state index in [0.29, 0.717) is 5.56 Å². The van der Waals surface area contributed by atoms with E-state index in [1.807, 2.05) is 0 Å². The van der Waals surface area contributed by atoms with Crippen LogP contribution in [0.3, 0.4) is 0 Å². The van der Waals surface area contributed by atoms with Crippen molar-refractivity contribution in [3.05, 3.63) is 35.9 Å². The third kappa shape index (κ3) is 25.2. The molecule has 0 unspecified atom stereocenters. The Hall–Kier alpha value is -9.33. The van der Waals surface area contributed by atoms with Gasteiger partial charge in [0.15, 0.2) is 85.8 Å². The smallest absolute Gasteiger partial charge is 0.407 e. The lowest BCUT2D eigenvalue weighted by molar-refractivity contribution is -0.441. The summed E-state index contributed by atoms with van der Waals surface area (Å²) in [5.74, 6) is -22.6. The quantitative estimate of drug-likeness (QED) is 0.0419. The molecular formula is C63H83NO40. The van der Waals surface area contributed by atoms with Crippen LogP contribution in [-0.4, -0.2) is 268 Å². The number of rotatable bonds is 31. The first kappa shape index (κ1) is 85.3. The Kier molecular flexibility index (Phi) is 32.0. The molecule has 0 saturated carbocycles. The molecule has 1 aromatic carbocycles. The molecule has 580 valence electrons. The lowest BCUT2D eigenvalue weighted by Crippen LogP contribution is -2.73. The number of benzene rings is 1. The number of carbonyl (C=O) groups excluding carboxylic acids is 15. The van der Waals surface area contributed by atoms with Gasteiger partial charge in [0.05, 0.1) is 19.3 Å². The van der Waals surface area contributed by atoms with Gasteiger partial charge < -0.3 is 124 Å². The molecule has 4 aliphatic rings. The monoisotopic (exact) mass is 1490 g/mol. The van der Waals surface area contributed by atoms with Gasteiger partial charge in [0, 0.05) is 96.9 Å². The van der Waals surface area contributed by atoms with Crippen molar-refractivity contribution in [2.45, 2.75) is 232 Å². The summed E-state index contributed by atoms with van der Waals surface area (Å²) in [5, 5.41) is 28.7. The molecule has 41 heteroatoms. The van der Waals surface area contributed by atoms with E-state index in [1.165, 1.54) is 0 Å². The van der Waals surface area contributed by atoms with Crippen LogP contribution in [0.4, 0.5) is 4.79 Å². The molecule has 20 atom stereocenters. The van der Waals surface area contributed by atoms with Crippen LogP contribution in [0.5, 0.6) is 0 Å². The van der Waals surface area contributed by atoms with Crippen LogP contribution < -0.4 is 5.32 Å². The van der Waals surface area contributed by atoms with E-state index >= 15 is 0 Å². The lowest BCUT2D eigenvalue weighted by atomic mass is 9.93. The van der Waals surface area contributed by atoms with Gasteiger partial charge in [-0.1, -0.05) is 30.3 Å². The number of hydrogen-bond acceptors (Lipinski definition) is 40. The number of aliphatic hydroxyl groups is 2. The average Bonchev–Trinajstić information content (AvgIpc) is 0.747. The van der Waals surface area contributed by atoms with Crippen LogP contribution in [0, 0.1) is 0 Å². The van der Waals surface area contributed by atoms with Gasteiger partial charge >= 0.3 is 89.7 Å². The molecule has 4 heterocycles. The number of amides is 1. The first-order chi connectivity index (χ1) is 48.7. The highest BCUT2D eigenvalue weighted by Crippen LogP contribution is 2.43. The second kappa shape index (κ2) is 39.0. The van der Waals surface area contributed by atoms with Crippen LogP contribution in [0.2, 0.25) is 0 Å². The maximum Gasteiger partial charge on any atom is 0.407 e. The summed E-state index contributed by atoms with van der Waals surface area (Å²) in [6.45, 7) is 6.00. The molecule has 1 amide bonds. The van der Waals surface area contributed by atoms with Crippen LogP contribution in [0.25, 0.3) is 0 Å². The fraction of sp³-hybridized carbons (Fsp3) is 0.667. The molecule has 3 N–H and O–H groups in total. The van der Waals surface area contributed by atoms with Gasteiger partial charge in [-0.25, -0.2) is 4.79 Å². The number of hydrogen-bond donors (Lipinski definition) is 3. The Labute approximate surface area is 591 Å². The van der Waals surface area contributed by atoms with Crippen molar-refractivity contribution in [1.82, 2.24) is 5.32 Å². The molecule has 5 rings (SSSR count). The summed E-state index contributed by atoms with van der Waals surface area (Å²) in [7, 11) is 0. The molecule has 4 fully saturated rings. The number of esters is 14. The summed E-state index contributed by atoms with van der Waals surface area (Å²) in [5.41, 5.74) is 0.453. The van der Waals surface area contributed by atoms with Crippen LogP contribution >= 0.6 is 0 Å². The fourth-order valence-corrected chi connectivity index (χ4v) is 10.8. The summed E-state index contributed by atoms with van der Waals surface area (Å²) >= 11 is 0. The number of alkyl carbamates (subject to hydrolysis) is 1. The highest BCUT2D eigenvalue weighted by molar-refractivity contribution is 5.72. The van der Waals surface area contributed by atoms with Gasteiger partial charge in [-0.2, -0.15) is 0 Å². The van der Waals surface area contributed by atoms with Gasteiger partial charge in [-0.15, -0.1) is 0 Å². The molecule has 104 heavy (non-hydrogen) atoms. The average molecular weight is 1490 g/mol. The Morgan fingerprint density at radius 1 is 0.356 bits per heavy atom. The van der Waals surface area contributed by atoms with E-state index in [-0.39, 0.29) is 0 Å². The maximum atomic E-state index is 13.9. The van der Waals surface area contributed by atoms with Gasteiger partial charge in [0.25, 0.3) is 0 Å². The lowest BCUT2D eigenvalue weighted by Gasteiger charge is -2.52. The Morgan fingerprint density at radius 2 is 0.654 bits per heavy atom. The van der Waals surface area contributed by atoms with E-state index in [4.69, 9.17) is 109 Å². The molecule has 0 aromatic heterocycles. The minimum absolute atomic E-state index is 0.401. The highest BCUT2D eigenvalue weighted by Gasteiger charge is 2.67. The summed E-state index contributed by atoms with van der Waals surface area (Å²) in [6.07, 6.45) is -40.0.